The highest BCUT2D eigenvalue weighted by Crippen LogP contribution is 2.32. The van der Waals surface area contributed by atoms with E-state index in [1.165, 1.54) is 6.08 Å². The fraction of sp³-hybridized carbons (Fsp3) is 0.118. The number of benzene rings is 1. The maximum Gasteiger partial charge on any atom is 0.293 e. The predicted molar refractivity (Wildman–Crippen MR) is 91.9 cm³/mol. The molecule has 1 aliphatic heterocycles. The molecule has 0 saturated carbocycles. The van der Waals surface area contributed by atoms with Crippen LogP contribution in [0.4, 0.5) is 4.79 Å². The Kier molecular flexibility index (Phi) is 4.59. The monoisotopic (exact) mass is 361 g/mol. The van der Waals surface area contributed by atoms with Crippen molar-refractivity contribution in [3.63, 3.8) is 0 Å². The number of rotatable bonds is 4. The quantitative estimate of drug-likeness (QED) is 0.604. The molecule has 0 radical (unpaired) electrons. The van der Waals surface area contributed by atoms with Crippen molar-refractivity contribution >= 4 is 46.4 Å². The molecule has 1 aromatic heterocycles. The minimum atomic E-state index is -0.499. The van der Waals surface area contributed by atoms with Gasteiger partial charge in [0.1, 0.15) is 11.5 Å². The first-order chi connectivity index (χ1) is 11.4. The number of furan rings is 1. The Bertz CT molecular complexity index is 854. The number of imide groups is 1. The third kappa shape index (κ3) is 3.44. The van der Waals surface area contributed by atoms with E-state index >= 15 is 0 Å². The number of ketones is 1. The molecule has 5 nitrogen and oxygen atoms in total. The summed E-state index contributed by atoms with van der Waals surface area (Å²) in [6.45, 7) is 1.48. The van der Waals surface area contributed by atoms with Gasteiger partial charge in [0.25, 0.3) is 11.1 Å². The van der Waals surface area contributed by atoms with Crippen LogP contribution in [0.2, 0.25) is 5.02 Å². The van der Waals surface area contributed by atoms with Crippen molar-refractivity contribution in [2.45, 2.75) is 6.92 Å². The molecule has 0 N–H and O–H groups in total. The molecule has 1 fully saturated rings. The van der Waals surface area contributed by atoms with Gasteiger partial charge in [-0.15, -0.1) is 0 Å². The molecule has 0 aliphatic carbocycles. The Balaban J connectivity index is 1.76. The standard InChI is InChI=1S/C17H12ClNO4S/c1-10-2-7-13(23-10)8-15-16(21)19(17(22)24-15)9-14(20)11-3-5-12(18)6-4-11/h2-8H,9H2,1H3/b15-8+. The molecular weight excluding hydrogens is 350 g/mol. The Labute approximate surface area is 147 Å². The number of carbonyl (C=O) groups excluding carboxylic acids is 3. The lowest BCUT2D eigenvalue weighted by Crippen LogP contribution is -2.33. The zero-order chi connectivity index (χ0) is 17.3. The number of Topliss-reactive ketones (excluding diaryl/α,β-unsaturated/α-hetero) is 1. The van der Waals surface area contributed by atoms with E-state index in [1.54, 1.807) is 43.3 Å². The third-order valence-corrected chi connectivity index (χ3v) is 4.54. The molecule has 1 aromatic carbocycles. The maximum atomic E-state index is 12.3. The average molecular weight is 362 g/mol. The second-order valence-corrected chi connectivity index (χ2v) is 6.58. The largest absolute Gasteiger partial charge is 0.462 e. The van der Waals surface area contributed by atoms with E-state index in [4.69, 9.17) is 16.0 Å². The Morgan fingerprint density at radius 3 is 2.54 bits per heavy atom. The van der Waals surface area contributed by atoms with Gasteiger partial charge in [-0.1, -0.05) is 11.6 Å². The van der Waals surface area contributed by atoms with Crippen LogP contribution in [0.1, 0.15) is 21.9 Å². The van der Waals surface area contributed by atoms with Gasteiger partial charge in [0.15, 0.2) is 5.78 Å². The minimum Gasteiger partial charge on any atom is -0.462 e. The normalized spacial score (nSPS) is 16.2. The van der Waals surface area contributed by atoms with Crippen LogP contribution >= 0.6 is 23.4 Å². The molecule has 0 spiro atoms. The van der Waals surface area contributed by atoms with E-state index in [1.807, 2.05) is 0 Å². The van der Waals surface area contributed by atoms with Gasteiger partial charge < -0.3 is 4.42 Å². The van der Waals surface area contributed by atoms with Crippen LogP contribution in [0.25, 0.3) is 6.08 Å². The van der Waals surface area contributed by atoms with Crippen molar-refractivity contribution in [3.05, 3.63) is 63.4 Å². The summed E-state index contributed by atoms with van der Waals surface area (Å²) in [6.07, 6.45) is 1.50. The van der Waals surface area contributed by atoms with E-state index < -0.39 is 11.1 Å². The summed E-state index contributed by atoms with van der Waals surface area (Å²) >= 11 is 6.57. The van der Waals surface area contributed by atoms with Gasteiger partial charge in [-0.2, -0.15) is 0 Å². The van der Waals surface area contributed by atoms with Crippen LogP contribution in [-0.4, -0.2) is 28.4 Å². The van der Waals surface area contributed by atoms with Crippen LogP contribution in [0, 0.1) is 6.92 Å². The van der Waals surface area contributed by atoms with E-state index in [0.29, 0.717) is 22.1 Å². The van der Waals surface area contributed by atoms with Gasteiger partial charge in [0.05, 0.1) is 11.4 Å². The number of hydrogen-bond donors (Lipinski definition) is 0. The lowest BCUT2D eigenvalue weighted by atomic mass is 10.1. The van der Waals surface area contributed by atoms with Gasteiger partial charge in [0.2, 0.25) is 0 Å². The zero-order valence-corrected chi connectivity index (χ0v) is 14.2. The number of thioether (sulfide) groups is 1. The molecule has 0 atom stereocenters. The second kappa shape index (κ2) is 6.67. The molecule has 1 aliphatic rings. The summed E-state index contributed by atoms with van der Waals surface area (Å²) < 4.78 is 5.37. The fourth-order valence-electron chi connectivity index (χ4n) is 2.17. The molecule has 1 saturated heterocycles. The molecule has 7 heteroatoms. The topological polar surface area (TPSA) is 67.6 Å². The summed E-state index contributed by atoms with van der Waals surface area (Å²) in [5.41, 5.74) is 0.393. The Morgan fingerprint density at radius 2 is 1.92 bits per heavy atom. The summed E-state index contributed by atoms with van der Waals surface area (Å²) in [7, 11) is 0. The number of hydrogen-bond acceptors (Lipinski definition) is 5. The SMILES string of the molecule is Cc1ccc(/C=C2/SC(=O)N(CC(=O)c3ccc(Cl)cc3)C2=O)o1. The highest BCUT2D eigenvalue weighted by molar-refractivity contribution is 8.18. The van der Waals surface area contributed by atoms with E-state index in [2.05, 4.69) is 0 Å². The number of nitrogens with zero attached hydrogens (tertiary/aromatic N) is 1. The van der Waals surface area contributed by atoms with Crippen molar-refractivity contribution in [1.82, 2.24) is 4.90 Å². The van der Waals surface area contributed by atoms with Crippen LogP contribution < -0.4 is 0 Å². The molecular formula is C17H12ClNO4S. The van der Waals surface area contributed by atoms with Crippen LogP contribution in [0.5, 0.6) is 0 Å². The Hall–Kier alpha value is -2.31. The van der Waals surface area contributed by atoms with E-state index in [9.17, 15) is 14.4 Å². The van der Waals surface area contributed by atoms with Crippen LogP contribution in [0.3, 0.4) is 0 Å². The molecule has 2 aromatic rings. The van der Waals surface area contributed by atoms with Gasteiger partial charge in [-0.05, 0) is 55.1 Å². The van der Waals surface area contributed by atoms with Crippen LogP contribution in [0.15, 0.2) is 45.7 Å². The van der Waals surface area contributed by atoms with Crippen molar-refractivity contribution in [3.8, 4) is 0 Å². The lowest BCUT2D eigenvalue weighted by Gasteiger charge is -2.11. The van der Waals surface area contributed by atoms with Gasteiger partial charge in [0, 0.05) is 16.7 Å². The molecule has 0 bridgehead atoms. The highest BCUT2D eigenvalue weighted by Gasteiger charge is 2.36. The van der Waals surface area contributed by atoms with E-state index in [-0.39, 0.29) is 17.2 Å². The fourth-order valence-corrected chi connectivity index (χ4v) is 3.11. The predicted octanol–water partition coefficient (Wildman–Crippen LogP) is 4.16. The molecule has 3 rings (SSSR count). The number of halogens is 1. The first-order valence-corrected chi connectivity index (χ1v) is 8.24. The van der Waals surface area contributed by atoms with Gasteiger partial charge >= 0.3 is 0 Å². The van der Waals surface area contributed by atoms with Crippen molar-refractivity contribution < 1.29 is 18.8 Å². The third-order valence-electron chi connectivity index (χ3n) is 3.38. The minimum absolute atomic E-state index is 0.234. The average Bonchev–Trinajstić information content (AvgIpc) is 3.06. The van der Waals surface area contributed by atoms with E-state index in [0.717, 1.165) is 16.7 Å². The second-order valence-electron chi connectivity index (χ2n) is 5.15. The lowest BCUT2D eigenvalue weighted by molar-refractivity contribution is -0.122. The summed E-state index contributed by atoms with van der Waals surface area (Å²) in [4.78, 5) is 37.8. The first-order valence-electron chi connectivity index (χ1n) is 7.04. The molecule has 0 unspecified atom stereocenters. The Morgan fingerprint density at radius 1 is 1.21 bits per heavy atom. The summed E-state index contributed by atoms with van der Waals surface area (Å²) in [5.74, 6) is 0.367. The molecule has 24 heavy (non-hydrogen) atoms. The molecule has 2 heterocycles. The smallest absolute Gasteiger partial charge is 0.293 e. The van der Waals surface area contributed by atoms with Crippen molar-refractivity contribution in [2.75, 3.05) is 6.54 Å². The van der Waals surface area contributed by atoms with Crippen molar-refractivity contribution in [1.29, 1.82) is 0 Å². The van der Waals surface area contributed by atoms with Crippen molar-refractivity contribution in [2.24, 2.45) is 0 Å². The van der Waals surface area contributed by atoms with Crippen LogP contribution in [-0.2, 0) is 4.79 Å². The molecule has 2 amide bonds. The number of carbonyl (C=O) groups is 3. The van der Waals surface area contributed by atoms with Gasteiger partial charge in [-0.3, -0.25) is 19.3 Å². The first kappa shape index (κ1) is 16.5. The summed E-state index contributed by atoms with van der Waals surface area (Å²) in [5, 5.41) is 0.0335. The highest BCUT2D eigenvalue weighted by atomic mass is 35.5. The number of aryl methyl sites for hydroxylation is 1. The zero-order valence-electron chi connectivity index (χ0n) is 12.6. The van der Waals surface area contributed by atoms with Gasteiger partial charge in [-0.25, -0.2) is 0 Å². The number of amides is 2. The maximum absolute atomic E-state index is 12.3. The summed E-state index contributed by atoms with van der Waals surface area (Å²) in [6, 6.07) is 9.77. The molecule has 122 valence electrons.